The van der Waals surface area contributed by atoms with Crippen LogP contribution in [0.2, 0.25) is 5.02 Å². The van der Waals surface area contributed by atoms with Crippen LogP contribution in [0.25, 0.3) is 0 Å². The first-order valence-electron chi connectivity index (χ1n) is 10.1. The van der Waals surface area contributed by atoms with Gasteiger partial charge < -0.3 is 5.32 Å². The Hall–Kier alpha value is -2.90. The lowest BCUT2D eigenvalue weighted by atomic mass is 9.77. The first kappa shape index (κ1) is 21.0. The van der Waals surface area contributed by atoms with Crippen molar-refractivity contribution >= 4 is 33.0 Å². The molecule has 3 aromatic carbocycles. The largest absolute Gasteiger partial charge is 0.378 e. The predicted octanol–water partition coefficient (Wildman–Crippen LogP) is 6.25. The van der Waals surface area contributed by atoms with Gasteiger partial charge in [-0.25, -0.2) is 17.2 Å². The predicted molar refractivity (Wildman–Crippen MR) is 121 cm³/mol. The number of hydrogen-bond acceptors (Lipinski definition) is 3. The maximum absolute atomic E-state index is 14.7. The number of nitrogens with one attached hydrogen (secondary N) is 2. The topological polar surface area (TPSA) is 58.2 Å². The Bertz CT molecular complexity index is 1320. The summed E-state index contributed by atoms with van der Waals surface area (Å²) in [6.07, 6.45) is 4.75. The normalized spacial score (nSPS) is 21.5. The summed E-state index contributed by atoms with van der Waals surface area (Å²) in [5.41, 5.74) is 1.81. The third-order valence-electron chi connectivity index (χ3n) is 6.07. The van der Waals surface area contributed by atoms with E-state index in [9.17, 15) is 17.2 Å². The molecule has 0 unspecified atom stereocenters. The molecular weight excluding hydrogens is 454 g/mol. The Kier molecular flexibility index (Phi) is 5.18. The molecule has 2 N–H and O–H groups in total. The summed E-state index contributed by atoms with van der Waals surface area (Å²) in [6, 6.07) is 14.6. The van der Waals surface area contributed by atoms with Gasteiger partial charge >= 0.3 is 0 Å². The quantitative estimate of drug-likeness (QED) is 0.441. The molecule has 0 fully saturated rings. The Morgan fingerprint density at radius 1 is 1.00 bits per heavy atom. The van der Waals surface area contributed by atoms with Crippen molar-refractivity contribution in [3.63, 3.8) is 0 Å². The first-order valence-corrected chi connectivity index (χ1v) is 12.0. The van der Waals surface area contributed by atoms with E-state index in [1.54, 1.807) is 30.3 Å². The minimum Gasteiger partial charge on any atom is -0.378 e. The third kappa shape index (κ3) is 3.55. The van der Waals surface area contributed by atoms with Crippen molar-refractivity contribution < 1.29 is 17.2 Å². The van der Waals surface area contributed by atoms with Crippen LogP contribution in [0.5, 0.6) is 0 Å². The van der Waals surface area contributed by atoms with E-state index in [1.165, 1.54) is 30.3 Å². The van der Waals surface area contributed by atoms with Crippen molar-refractivity contribution in [2.75, 3.05) is 10.0 Å². The highest BCUT2D eigenvalue weighted by Gasteiger charge is 2.40. The van der Waals surface area contributed by atoms with Crippen LogP contribution in [0.3, 0.4) is 0 Å². The zero-order chi connectivity index (χ0) is 22.5. The van der Waals surface area contributed by atoms with Crippen molar-refractivity contribution in [3.8, 4) is 0 Å². The van der Waals surface area contributed by atoms with Crippen LogP contribution in [0.1, 0.15) is 29.5 Å². The molecule has 164 valence electrons. The summed E-state index contributed by atoms with van der Waals surface area (Å²) in [5, 5.41) is 3.72. The average Bonchev–Trinajstić information content (AvgIpc) is 3.25. The van der Waals surface area contributed by atoms with Crippen LogP contribution in [-0.2, 0) is 10.0 Å². The molecule has 5 rings (SSSR count). The molecule has 8 heteroatoms. The van der Waals surface area contributed by atoms with E-state index in [4.69, 9.17) is 11.6 Å². The molecule has 0 saturated heterocycles. The lowest BCUT2D eigenvalue weighted by molar-refractivity contribution is 0.413. The average molecular weight is 473 g/mol. The van der Waals surface area contributed by atoms with Gasteiger partial charge in [-0.3, -0.25) is 4.72 Å². The molecule has 2 aliphatic rings. The zero-order valence-corrected chi connectivity index (χ0v) is 18.3. The summed E-state index contributed by atoms with van der Waals surface area (Å²) < 4.78 is 56.8. The van der Waals surface area contributed by atoms with Gasteiger partial charge in [0.05, 0.1) is 16.6 Å². The number of anilines is 2. The molecule has 1 heterocycles. The van der Waals surface area contributed by atoms with Crippen LogP contribution in [0, 0.1) is 17.6 Å². The number of benzene rings is 3. The smallest absolute Gasteiger partial charge is 0.261 e. The number of rotatable bonds is 4. The Morgan fingerprint density at radius 3 is 2.56 bits per heavy atom. The Balaban J connectivity index is 1.53. The van der Waals surface area contributed by atoms with Crippen LogP contribution in [0.4, 0.5) is 20.2 Å². The monoisotopic (exact) mass is 472 g/mol. The van der Waals surface area contributed by atoms with E-state index in [0.717, 1.165) is 5.56 Å². The van der Waals surface area contributed by atoms with Gasteiger partial charge in [0.15, 0.2) is 0 Å². The molecule has 0 amide bonds. The number of sulfonamides is 1. The number of fused-ring (bicyclic) bond motifs is 3. The molecular formula is C24H19ClF2N2O2S. The number of para-hydroxylation sites is 1. The fourth-order valence-electron chi connectivity index (χ4n) is 4.58. The number of halogens is 3. The molecule has 0 aromatic heterocycles. The van der Waals surface area contributed by atoms with E-state index < -0.39 is 15.8 Å². The van der Waals surface area contributed by atoms with Gasteiger partial charge in [-0.2, -0.15) is 0 Å². The summed E-state index contributed by atoms with van der Waals surface area (Å²) in [6.45, 7) is 0. The summed E-state index contributed by atoms with van der Waals surface area (Å²) in [4.78, 5) is 0.0303. The molecule has 1 aliphatic heterocycles. The Morgan fingerprint density at radius 2 is 1.78 bits per heavy atom. The minimum absolute atomic E-state index is 0.0191. The minimum atomic E-state index is -4.00. The van der Waals surface area contributed by atoms with Crippen LogP contribution in [-0.4, -0.2) is 8.42 Å². The van der Waals surface area contributed by atoms with Crippen molar-refractivity contribution in [3.05, 3.63) is 101 Å². The van der Waals surface area contributed by atoms with E-state index in [2.05, 4.69) is 10.0 Å². The lowest BCUT2D eigenvalue weighted by Gasteiger charge is -2.38. The summed E-state index contributed by atoms with van der Waals surface area (Å²) >= 11 is 6.34. The number of allylic oxidation sites excluding steroid dienone is 2. The summed E-state index contributed by atoms with van der Waals surface area (Å²) in [5.74, 6) is -1.15. The van der Waals surface area contributed by atoms with Gasteiger partial charge in [-0.05, 0) is 60.4 Å². The van der Waals surface area contributed by atoms with E-state index in [0.29, 0.717) is 22.7 Å². The highest BCUT2D eigenvalue weighted by molar-refractivity contribution is 7.92. The maximum Gasteiger partial charge on any atom is 0.261 e. The lowest BCUT2D eigenvalue weighted by Crippen LogP contribution is -2.30. The number of hydrogen-bond donors (Lipinski definition) is 2. The fraction of sp³-hybridized carbons (Fsp3) is 0.167. The zero-order valence-electron chi connectivity index (χ0n) is 16.7. The molecule has 0 spiro atoms. The molecule has 0 saturated carbocycles. The van der Waals surface area contributed by atoms with Gasteiger partial charge in [0.1, 0.15) is 11.6 Å². The van der Waals surface area contributed by atoms with Crippen molar-refractivity contribution in [1.82, 2.24) is 0 Å². The summed E-state index contributed by atoms with van der Waals surface area (Å²) in [7, 11) is -4.00. The third-order valence-corrected chi connectivity index (χ3v) is 7.77. The molecule has 0 radical (unpaired) electrons. The molecule has 3 atom stereocenters. The van der Waals surface area contributed by atoms with Crippen LogP contribution in [0.15, 0.2) is 77.7 Å². The van der Waals surface area contributed by atoms with Gasteiger partial charge in [0.25, 0.3) is 10.0 Å². The van der Waals surface area contributed by atoms with Gasteiger partial charge in [0.2, 0.25) is 0 Å². The second kappa shape index (κ2) is 7.90. The van der Waals surface area contributed by atoms with Crippen molar-refractivity contribution in [1.29, 1.82) is 0 Å². The van der Waals surface area contributed by atoms with Crippen molar-refractivity contribution in [2.24, 2.45) is 5.92 Å². The molecule has 4 nitrogen and oxygen atoms in total. The second-order valence-electron chi connectivity index (χ2n) is 7.95. The van der Waals surface area contributed by atoms with E-state index in [1.807, 2.05) is 12.2 Å². The van der Waals surface area contributed by atoms with E-state index in [-0.39, 0.29) is 34.3 Å². The molecule has 0 bridgehead atoms. The first-order chi connectivity index (χ1) is 15.3. The van der Waals surface area contributed by atoms with Crippen LogP contribution < -0.4 is 10.0 Å². The highest BCUT2D eigenvalue weighted by Crippen LogP contribution is 2.51. The SMILES string of the molecule is O=S(=O)(Nc1ccccc1F)c1ccc2c(c1)[C@H]1C=CC[C@H]1[C@@H](c1c(F)cccc1Cl)N2. The van der Waals surface area contributed by atoms with Crippen molar-refractivity contribution in [2.45, 2.75) is 23.3 Å². The van der Waals surface area contributed by atoms with Gasteiger partial charge in [-0.1, -0.05) is 42.0 Å². The molecule has 32 heavy (non-hydrogen) atoms. The van der Waals surface area contributed by atoms with Gasteiger partial charge in [0, 0.05) is 22.2 Å². The van der Waals surface area contributed by atoms with Gasteiger partial charge in [-0.15, -0.1) is 0 Å². The Labute approximate surface area is 190 Å². The second-order valence-corrected chi connectivity index (χ2v) is 10.0. The molecule has 1 aliphatic carbocycles. The van der Waals surface area contributed by atoms with Crippen LogP contribution >= 0.6 is 11.6 Å². The maximum atomic E-state index is 14.7. The van der Waals surface area contributed by atoms with E-state index >= 15 is 0 Å². The standard InChI is InChI=1S/C24H19ClF2N2O2S/c25-18-7-4-9-20(27)23(18)24-16-6-3-5-15(16)17-13-14(11-12-21(17)28-24)32(30,31)29-22-10-2-1-8-19(22)26/h1-5,7-13,15-16,24,28-29H,6H2/t15-,16+,24-/m0/s1. The fourth-order valence-corrected chi connectivity index (χ4v) is 5.96. The highest BCUT2D eigenvalue weighted by atomic mass is 35.5. The molecule has 3 aromatic rings.